The molecule has 98 valence electrons. The van der Waals surface area contributed by atoms with E-state index in [1.54, 1.807) is 4.90 Å². The lowest BCUT2D eigenvalue weighted by Gasteiger charge is -2.29. The molecule has 18 heavy (non-hydrogen) atoms. The number of rotatable bonds is 2. The van der Waals surface area contributed by atoms with E-state index in [1.165, 1.54) is 11.3 Å². The van der Waals surface area contributed by atoms with Crippen molar-refractivity contribution in [3.8, 4) is 0 Å². The van der Waals surface area contributed by atoms with Crippen LogP contribution in [0.4, 0.5) is 9.93 Å². The number of hydrogen-bond donors (Lipinski definition) is 2. The van der Waals surface area contributed by atoms with E-state index in [0.717, 1.165) is 5.69 Å². The number of carbonyl (C=O) groups is 2. The summed E-state index contributed by atoms with van der Waals surface area (Å²) >= 11 is 1.38. The molecule has 6 nitrogen and oxygen atoms in total. The first-order valence-corrected chi connectivity index (χ1v) is 6.65. The number of aryl methyl sites for hydroxylation is 1. The molecule has 0 unspecified atom stereocenters. The van der Waals surface area contributed by atoms with Gasteiger partial charge in [-0.05, 0) is 19.8 Å². The number of piperidine rings is 1. The third-order valence-electron chi connectivity index (χ3n) is 2.96. The Labute approximate surface area is 109 Å². The molecule has 0 bridgehead atoms. The molecule has 2 amide bonds. The van der Waals surface area contributed by atoms with Crippen LogP contribution in [-0.2, 0) is 4.79 Å². The van der Waals surface area contributed by atoms with Crippen LogP contribution in [0.15, 0.2) is 5.38 Å². The maximum atomic E-state index is 11.9. The molecule has 2 N–H and O–H groups in total. The molecule has 2 heterocycles. The monoisotopic (exact) mass is 269 g/mol. The minimum Gasteiger partial charge on any atom is -0.481 e. The van der Waals surface area contributed by atoms with Crippen LogP contribution in [0.2, 0.25) is 0 Å². The maximum Gasteiger partial charge on any atom is 0.323 e. The number of carbonyl (C=O) groups excluding carboxylic acids is 1. The highest BCUT2D eigenvalue weighted by Gasteiger charge is 2.27. The average Bonchev–Trinajstić information content (AvgIpc) is 2.75. The molecule has 2 rings (SSSR count). The standard InChI is InChI=1S/C11H15N3O3S/c1-7-6-18-10(12-7)13-11(17)14-4-2-8(3-5-14)9(15)16/h6,8H,2-5H2,1H3,(H,15,16)(H,12,13,17). The minimum absolute atomic E-state index is 0.201. The first kappa shape index (κ1) is 12.8. The highest BCUT2D eigenvalue weighted by Crippen LogP contribution is 2.19. The van der Waals surface area contributed by atoms with Gasteiger partial charge in [0, 0.05) is 18.5 Å². The molecule has 1 aromatic heterocycles. The van der Waals surface area contributed by atoms with E-state index < -0.39 is 5.97 Å². The van der Waals surface area contributed by atoms with Crippen molar-refractivity contribution in [2.75, 3.05) is 18.4 Å². The molecule has 7 heteroatoms. The zero-order valence-electron chi connectivity index (χ0n) is 10.0. The normalized spacial score (nSPS) is 16.6. The van der Waals surface area contributed by atoms with Crippen LogP contribution >= 0.6 is 11.3 Å². The maximum absolute atomic E-state index is 11.9. The van der Waals surface area contributed by atoms with Gasteiger partial charge in [-0.3, -0.25) is 10.1 Å². The summed E-state index contributed by atoms with van der Waals surface area (Å²) in [7, 11) is 0. The third kappa shape index (κ3) is 2.98. The fourth-order valence-corrected chi connectivity index (χ4v) is 2.59. The van der Waals surface area contributed by atoms with Crippen LogP contribution in [0, 0.1) is 12.8 Å². The lowest BCUT2D eigenvalue weighted by molar-refractivity contribution is -0.143. The van der Waals surface area contributed by atoms with E-state index in [-0.39, 0.29) is 11.9 Å². The van der Waals surface area contributed by atoms with Gasteiger partial charge in [0.25, 0.3) is 0 Å². The highest BCUT2D eigenvalue weighted by molar-refractivity contribution is 7.13. The smallest absolute Gasteiger partial charge is 0.323 e. The topological polar surface area (TPSA) is 82.5 Å². The number of carboxylic acids is 1. The van der Waals surface area contributed by atoms with Crippen LogP contribution in [0.25, 0.3) is 0 Å². The van der Waals surface area contributed by atoms with Crippen molar-refractivity contribution in [3.63, 3.8) is 0 Å². The van der Waals surface area contributed by atoms with Gasteiger partial charge in [-0.25, -0.2) is 9.78 Å². The Morgan fingerprint density at radius 1 is 1.50 bits per heavy atom. The lowest BCUT2D eigenvalue weighted by atomic mass is 9.97. The van der Waals surface area contributed by atoms with Gasteiger partial charge >= 0.3 is 12.0 Å². The van der Waals surface area contributed by atoms with Crippen LogP contribution in [0.5, 0.6) is 0 Å². The summed E-state index contributed by atoms with van der Waals surface area (Å²) in [5.74, 6) is -1.10. The molecule has 1 fully saturated rings. The highest BCUT2D eigenvalue weighted by atomic mass is 32.1. The number of nitrogens with one attached hydrogen (secondary N) is 1. The Morgan fingerprint density at radius 3 is 2.67 bits per heavy atom. The molecular weight excluding hydrogens is 254 g/mol. The molecule has 0 aliphatic carbocycles. The second kappa shape index (κ2) is 5.34. The Bertz CT molecular complexity index is 452. The van der Waals surface area contributed by atoms with Gasteiger partial charge in [-0.2, -0.15) is 0 Å². The van der Waals surface area contributed by atoms with Gasteiger partial charge < -0.3 is 10.0 Å². The number of anilines is 1. The predicted octanol–water partition coefficient (Wildman–Crippen LogP) is 1.78. The molecule has 1 saturated heterocycles. The van der Waals surface area contributed by atoms with Crippen molar-refractivity contribution in [1.82, 2.24) is 9.88 Å². The SMILES string of the molecule is Cc1csc(NC(=O)N2CCC(C(=O)O)CC2)n1. The molecule has 0 spiro atoms. The summed E-state index contributed by atoms with van der Waals surface area (Å²) in [6.07, 6.45) is 1.03. The van der Waals surface area contributed by atoms with Crippen LogP contribution in [-0.4, -0.2) is 40.1 Å². The number of thiazole rings is 1. The van der Waals surface area contributed by atoms with E-state index in [2.05, 4.69) is 10.3 Å². The van der Waals surface area contributed by atoms with Crippen molar-refractivity contribution < 1.29 is 14.7 Å². The number of aromatic nitrogens is 1. The summed E-state index contributed by atoms with van der Waals surface area (Å²) < 4.78 is 0. The van der Waals surface area contributed by atoms with Gasteiger partial charge in [-0.1, -0.05) is 0 Å². The Kier molecular flexibility index (Phi) is 3.81. The van der Waals surface area contributed by atoms with Crippen molar-refractivity contribution >= 4 is 28.5 Å². The lowest BCUT2D eigenvalue weighted by Crippen LogP contribution is -2.42. The fourth-order valence-electron chi connectivity index (χ4n) is 1.91. The van der Waals surface area contributed by atoms with Crippen molar-refractivity contribution in [2.24, 2.45) is 5.92 Å². The summed E-state index contributed by atoms with van der Waals surface area (Å²) in [4.78, 5) is 28.5. The van der Waals surface area contributed by atoms with Gasteiger partial charge in [0.05, 0.1) is 11.6 Å². The number of nitrogens with zero attached hydrogens (tertiary/aromatic N) is 2. The molecule has 1 aromatic rings. The van der Waals surface area contributed by atoms with Crippen molar-refractivity contribution in [1.29, 1.82) is 0 Å². The first-order valence-electron chi connectivity index (χ1n) is 5.77. The van der Waals surface area contributed by atoms with E-state index >= 15 is 0 Å². The second-order valence-electron chi connectivity index (χ2n) is 4.32. The number of amides is 2. The van der Waals surface area contributed by atoms with Gasteiger partial charge in [-0.15, -0.1) is 11.3 Å². The summed E-state index contributed by atoms with van der Waals surface area (Å²) in [5, 5.41) is 14.0. The fraction of sp³-hybridized carbons (Fsp3) is 0.545. The van der Waals surface area contributed by atoms with Crippen LogP contribution in [0.3, 0.4) is 0 Å². The number of aliphatic carboxylic acids is 1. The Hall–Kier alpha value is -1.63. The van der Waals surface area contributed by atoms with E-state index in [9.17, 15) is 9.59 Å². The molecule has 0 aromatic carbocycles. The zero-order chi connectivity index (χ0) is 13.1. The van der Waals surface area contributed by atoms with Gasteiger partial charge in [0.2, 0.25) is 0 Å². The zero-order valence-corrected chi connectivity index (χ0v) is 10.9. The van der Waals surface area contributed by atoms with E-state index in [4.69, 9.17) is 5.11 Å². The molecule has 1 aliphatic rings. The summed E-state index contributed by atoms with van der Waals surface area (Å²) in [5.41, 5.74) is 0.875. The number of likely N-dealkylation sites (tertiary alicyclic amines) is 1. The van der Waals surface area contributed by atoms with Gasteiger partial charge in [0.15, 0.2) is 5.13 Å². The van der Waals surface area contributed by atoms with E-state index in [0.29, 0.717) is 31.1 Å². The summed E-state index contributed by atoms with van der Waals surface area (Å²) in [6, 6.07) is -0.201. The number of hydrogen-bond acceptors (Lipinski definition) is 4. The average molecular weight is 269 g/mol. The molecule has 0 atom stereocenters. The number of urea groups is 1. The Morgan fingerprint density at radius 2 is 2.17 bits per heavy atom. The summed E-state index contributed by atoms with van der Waals surface area (Å²) in [6.45, 7) is 2.82. The number of carboxylic acid groups (broad SMARTS) is 1. The quantitative estimate of drug-likeness (QED) is 0.857. The second-order valence-corrected chi connectivity index (χ2v) is 5.18. The van der Waals surface area contributed by atoms with Crippen molar-refractivity contribution in [2.45, 2.75) is 19.8 Å². The molecule has 0 radical (unpaired) electrons. The van der Waals surface area contributed by atoms with Crippen molar-refractivity contribution in [3.05, 3.63) is 11.1 Å². The van der Waals surface area contributed by atoms with Crippen LogP contribution in [0.1, 0.15) is 18.5 Å². The third-order valence-corrected chi connectivity index (χ3v) is 3.84. The van der Waals surface area contributed by atoms with E-state index in [1.807, 2.05) is 12.3 Å². The van der Waals surface area contributed by atoms with Gasteiger partial charge in [0.1, 0.15) is 0 Å². The first-order chi connectivity index (χ1) is 8.56. The molecule has 0 saturated carbocycles. The Balaban J connectivity index is 1.86. The molecular formula is C11H15N3O3S. The van der Waals surface area contributed by atoms with Crippen LogP contribution < -0.4 is 5.32 Å². The predicted molar refractivity (Wildman–Crippen MR) is 67.8 cm³/mol. The largest absolute Gasteiger partial charge is 0.481 e. The minimum atomic E-state index is -0.773. The molecule has 1 aliphatic heterocycles.